The van der Waals surface area contributed by atoms with Gasteiger partial charge in [0.2, 0.25) is 11.8 Å². The second kappa shape index (κ2) is 11.6. The lowest BCUT2D eigenvalue weighted by Gasteiger charge is -2.35. The van der Waals surface area contributed by atoms with E-state index >= 15 is 0 Å². The highest BCUT2D eigenvalue weighted by molar-refractivity contribution is 5.98. The molecule has 2 rings (SSSR count). The smallest absolute Gasteiger partial charge is 0.251 e. The summed E-state index contributed by atoms with van der Waals surface area (Å²) < 4.78 is 0. The van der Waals surface area contributed by atoms with Crippen molar-refractivity contribution in [1.82, 2.24) is 20.0 Å². The van der Waals surface area contributed by atoms with Gasteiger partial charge in [0.1, 0.15) is 0 Å². The minimum atomic E-state index is -0.551. The molecule has 1 aliphatic heterocycles. The number of benzene rings is 1. The first-order chi connectivity index (χ1) is 15.8. The van der Waals surface area contributed by atoms with Crippen molar-refractivity contribution in [3.8, 4) is 0 Å². The van der Waals surface area contributed by atoms with Gasteiger partial charge in [-0.3, -0.25) is 14.4 Å². The maximum Gasteiger partial charge on any atom is 0.251 e. The summed E-state index contributed by atoms with van der Waals surface area (Å²) in [5, 5.41) is 2.92. The van der Waals surface area contributed by atoms with Crippen molar-refractivity contribution in [2.45, 2.75) is 58.9 Å². The zero-order chi connectivity index (χ0) is 25.6. The van der Waals surface area contributed by atoms with Gasteiger partial charge in [-0.1, -0.05) is 45.0 Å². The highest BCUT2D eigenvalue weighted by atomic mass is 16.2. The summed E-state index contributed by atoms with van der Waals surface area (Å²) in [7, 11) is 7.40. The van der Waals surface area contributed by atoms with E-state index in [4.69, 9.17) is 0 Å². The van der Waals surface area contributed by atoms with E-state index in [9.17, 15) is 14.4 Å². The van der Waals surface area contributed by atoms with Gasteiger partial charge < -0.3 is 20.0 Å². The topological polar surface area (TPSA) is 73.0 Å². The molecule has 0 saturated heterocycles. The van der Waals surface area contributed by atoms with E-state index in [1.54, 1.807) is 19.0 Å². The van der Waals surface area contributed by atoms with Gasteiger partial charge in [0, 0.05) is 38.3 Å². The number of allylic oxidation sites excluding steroid dienone is 1. The van der Waals surface area contributed by atoms with Gasteiger partial charge in [-0.25, -0.2) is 0 Å². The third-order valence-corrected chi connectivity index (χ3v) is 6.27. The van der Waals surface area contributed by atoms with Gasteiger partial charge in [0.25, 0.3) is 5.91 Å². The number of amides is 3. The van der Waals surface area contributed by atoms with Gasteiger partial charge in [0.15, 0.2) is 0 Å². The van der Waals surface area contributed by atoms with Gasteiger partial charge >= 0.3 is 0 Å². The molecule has 1 aliphatic rings. The lowest BCUT2D eigenvalue weighted by molar-refractivity contribution is -0.139. The Morgan fingerprint density at radius 2 is 1.71 bits per heavy atom. The van der Waals surface area contributed by atoms with E-state index in [-0.39, 0.29) is 36.0 Å². The monoisotopic (exact) mass is 470 g/mol. The maximum absolute atomic E-state index is 13.4. The fraction of sp³-hybridized carbons (Fsp3) is 0.593. The summed E-state index contributed by atoms with van der Waals surface area (Å²) in [6.07, 6.45) is 1.21. The van der Waals surface area contributed by atoms with E-state index in [2.05, 4.69) is 43.1 Å². The van der Waals surface area contributed by atoms with Crippen LogP contribution in [0.3, 0.4) is 0 Å². The zero-order valence-corrected chi connectivity index (χ0v) is 22.2. The standard InChI is InChI=1S/C27H42N4O3/c1-19-23(26(34)30(7)8)16-21(17-24(32)28-14-9-15-29(5)6)25(33)31(19)18-20-10-12-22(13-11-20)27(2,3)4/h10-13,21H,9,14-18H2,1-8H3,(H,28,32). The number of likely N-dealkylation sites (N-methyl/N-ethyl adjacent to an activating group) is 1. The molecule has 188 valence electrons. The average Bonchev–Trinajstić information content (AvgIpc) is 2.75. The molecule has 34 heavy (non-hydrogen) atoms. The molecule has 1 aromatic carbocycles. The predicted octanol–water partition coefficient (Wildman–Crippen LogP) is 3.15. The number of rotatable bonds is 9. The van der Waals surface area contributed by atoms with Gasteiger partial charge in [-0.15, -0.1) is 0 Å². The largest absolute Gasteiger partial charge is 0.356 e. The lowest BCUT2D eigenvalue weighted by atomic mass is 9.86. The first kappa shape index (κ1) is 27.6. The quantitative estimate of drug-likeness (QED) is 0.563. The molecule has 7 heteroatoms. The Labute approximate surface area is 205 Å². The van der Waals surface area contributed by atoms with Gasteiger partial charge in [-0.05, 0) is 56.9 Å². The Bertz CT molecular complexity index is 911. The number of hydrogen-bond donors (Lipinski definition) is 1. The summed E-state index contributed by atoms with van der Waals surface area (Å²) in [4.78, 5) is 44.2. The normalized spacial score (nSPS) is 16.8. The Morgan fingerprint density at radius 3 is 2.24 bits per heavy atom. The number of carbonyl (C=O) groups is 3. The molecule has 1 heterocycles. The van der Waals surface area contributed by atoms with E-state index in [1.165, 1.54) is 10.5 Å². The molecule has 1 unspecified atom stereocenters. The lowest BCUT2D eigenvalue weighted by Crippen LogP contribution is -2.43. The summed E-state index contributed by atoms with van der Waals surface area (Å²) in [5.41, 5.74) is 3.53. The highest BCUT2D eigenvalue weighted by Crippen LogP contribution is 2.32. The van der Waals surface area contributed by atoms with Crippen molar-refractivity contribution in [1.29, 1.82) is 0 Å². The van der Waals surface area contributed by atoms with Crippen LogP contribution in [-0.2, 0) is 26.3 Å². The third kappa shape index (κ3) is 7.42. The molecule has 7 nitrogen and oxygen atoms in total. The number of nitrogens with one attached hydrogen (secondary N) is 1. The molecular weight excluding hydrogens is 428 g/mol. The van der Waals surface area contributed by atoms with Crippen LogP contribution in [0.5, 0.6) is 0 Å². The fourth-order valence-electron chi connectivity index (χ4n) is 4.11. The van der Waals surface area contributed by atoms with E-state index < -0.39 is 5.92 Å². The van der Waals surface area contributed by atoms with Crippen molar-refractivity contribution in [3.63, 3.8) is 0 Å². The minimum Gasteiger partial charge on any atom is -0.356 e. The summed E-state index contributed by atoms with van der Waals surface area (Å²) >= 11 is 0. The minimum absolute atomic E-state index is 0.0472. The van der Waals surface area contributed by atoms with Crippen LogP contribution in [0.15, 0.2) is 35.5 Å². The first-order valence-electron chi connectivity index (χ1n) is 12.0. The summed E-state index contributed by atoms with van der Waals surface area (Å²) in [6, 6.07) is 8.26. The van der Waals surface area contributed by atoms with Crippen molar-refractivity contribution < 1.29 is 14.4 Å². The number of carbonyl (C=O) groups excluding carboxylic acids is 3. The van der Waals surface area contributed by atoms with Crippen LogP contribution in [-0.4, -0.2) is 73.7 Å². The molecule has 1 atom stereocenters. The molecule has 1 aromatic rings. The van der Waals surface area contributed by atoms with Crippen LogP contribution >= 0.6 is 0 Å². The molecule has 0 saturated carbocycles. The first-order valence-corrected chi connectivity index (χ1v) is 12.0. The molecule has 0 radical (unpaired) electrons. The van der Waals surface area contributed by atoms with Crippen molar-refractivity contribution in [2.24, 2.45) is 5.92 Å². The number of nitrogens with zero attached hydrogens (tertiary/aromatic N) is 3. The molecular formula is C27H42N4O3. The zero-order valence-electron chi connectivity index (χ0n) is 22.2. The Kier molecular flexibility index (Phi) is 9.45. The van der Waals surface area contributed by atoms with Crippen LogP contribution in [0, 0.1) is 5.92 Å². The van der Waals surface area contributed by atoms with Gasteiger partial charge in [-0.2, -0.15) is 0 Å². The summed E-state index contributed by atoms with van der Waals surface area (Å²) in [6.45, 7) is 10.2. The Hall–Kier alpha value is -2.67. The van der Waals surface area contributed by atoms with E-state index in [1.807, 2.05) is 33.2 Å². The van der Waals surface area contributed by atoms with Crippen LogP contribution in [0.2, 0.25) is 0 Å². The maximum atomic E-state index is 13.4. The van der Waals surface area contributed by atoms with Crippen molar-refractivity contribution in [3.05, 3.63) is 46.7 Å². The highest BCUT2D eigenvalue weighted by Gasteiger charge is 2.36. The molecule has 0 aromatic heterocycles. The average molecular weight is 471 g/mol. The second-order valence-electron chi connectivity index (χ2n) is 10.7. The Balaban J connectivity index is 2.22. The number of hydrogen-bond acceptors (Lipinski definition) is 4. The fourth-order valence-corrected chi connectivity index (χ4v) is 4.11. The van der Waals surface area contributed by atoms with Crippen LogP contribution < -0.4 is 5.32 Å². The SMILES string of the molecule is CC1=C(C(=O)N(C)C)CC(CC(=O)NCCCN(C)C)C(=O)N1Cc1ccc(C(C)(C)C)cc1. The third-order valence-electron chi connectivity index (χ3n) is 6.27. The van der Waals surface area contributed by atoms with E-state index in [0.717, 1.165) is 18.5 Å². The predicted molar refractivity (Wildman–Crippen MR) is 136 cm³/mol. The molecule has 3 amide bonds. The van der Waals surface area contributed by atoms with Crippen molar-refractivity contribution >= 4 is 17.7 Å². The van der Waals surface area contributed by atoms with E-state index in [0.29, 0.717) is 24.4 Å². The molecule has 0 bridgehead atoms. The second-order valence-corrected chi connectivity index (χ2v) is 10.7. The van der Waals surface area contributed by atoms with Gasteiger partial charge in [0.05, 0.1) is 12.5 Å². The van der Waals surface area contributed by atoms with Crippen LogP contribution in [0.1, 0.15) is 58.1 Å². The molecule has 0 fully saturated rings. The van der Waals surface area contributed by atoms with Crippen LogP contribution in [0.25, 0.3) is 0 Å². The molecule has 0 spiro atoms. The molecule has 1 N–H and O–H groups in total. The molecule has 0 aliphatic carbocycles. The van der Waals surface area contributed by atoms with Crippen molar-refractivity contribution in [2.75, 3.05) is 41.3 Å². The van der Waals surface area contributed by atoms with Crippen LogP contribution in [0.4, 0.5) is 0 Å². The summed E-state index contributed by atoms with van der Waals surface area (Å²) in [5.74, 6) is -0.918. The Morgan fingerprint density at radius 1 is 1.09 bits per heavy atom.